The second-order valence-electron chi connectivity index (χ2n) is 3.78. The van der Waals surface area contributed by atoms with Gasteiger partial charge in [0.2, 0.25) is 0 Å². The molecule has 78 valence electrons. The molecule has 1 saturated heterocycles. The molecule has 0 amide bonds. The van der Waals surface area contributed by atoms with Crippen molar-refractivity contribution in [3.05, 3.63) is 12.2 Å². The molecular formula is C9H17N5. The van der Waals surface area contributed by atoms with E-state index in [9.17, 15) is 0 Å². The van der Waals surface area contributed by atoms with E-state index in [1.807, 2.05) is 4.68 Å². The van der Waals surface area contributed by atoms with Crippen LogP contribution in [0, 0.1) is 0 Å². The number of rotatable bonds is 3. The Morgan fingerprint density at radius 1 is 1.64 bits per heavy atom. The summed E-state index contributed by atoms with van der Waals surface area (Å²) in [5, 5.41) is 4.14. The summed E-state index contributed by atoms with van der Waals surface area (Å²) in [6.07, 6.45) is 2.72. The van der Waals surface area contributed by atoms with Crippen molar-refractivity contribution in [3.63, 3.8) is 0 Å². The third-order valence-electron chi connectivity index (χ3n) is 2.67. The summed E-state index contributed by atoms with van der Waals surface area (Å²) in [5.74, 6) is 1.04. The minimum atomic E-state index is 0.341. The van der Waals surface area contributed by atoms with Gasteiger partial charge in [-0.1, -0.05) is 0 Å². The lowest BCUT2D eigenvalue weighted by molar-refractivity contribution is 0.310. The maximum absolute atomic E-state index is 5.84. The molecule has 1 atom stereocenters. The van der Waals surface area contributed by atoms with Crippen LogP contribution in [0.4, 0.5) is 0 Å². The fourth-order valence-corrected chi connectivity index (χ4v) is 1.88. The van der Waals surface area contributed by atoms with Crippen molar-refractivity contribution in [1.82, 2.24) is 19.7 Å². The van der Waals surface area contributed by atoms with Gasteiger partial charge in [-0.15, -0.1) is 0 Å². The largest absolute Gasteiger partial charge is 0.326 e. The van der Waals surface area contributed by atoms with Crippen LogP contribution in [-0.4, -0.2) is 38.8 Å². The van der Waals surface area contributed by atoms with Crippen LogP contribution < -0.4 is 5.73 Å². The molecule has 0 aliphatic carbocycles. The Kier molecular flexibility index (Phi) is 2.79. The zero-order valence-corrected chi connectivity index (χ0v) is 8.56. The van der Waals surface area contributed by atoms with Crippen LogP contribution in [0.2, 0.25) is 0 Å². The van der Waals surface area contributed by atoms with Crippen molar-refractivity contribution >= 4 is 0 Å². The van der Waals surface area contributed by atoms with E-state index in [1.54, 1.807) is 6.33 Å². The van der Waals surface area contributed by atoms with Gasteiger partial charge in [0.05, 0.1) is 6.54 Å². The third kappa shape index (κ3) is 1.93. The summed E-state index contributed by atoms with van der Waals surface area (Å²) in [7, 11) is 0. The van der Waals surface area contributed by atoms with Crippen LogP contribution >= 0.6 is 0 Å². The Labute approximate surface area is 83.9 Å². The molecule has 1 aliphatic rings. The first kappa shape index (κ1) is 9.61. The number of nitrogens with zero attached hydrogens (tertiary/aromatic N) is 4. The van der Waals surface area contributed by atoms with Crippen molar-refractivity contribution in [2.24, 2.45) is 5.73 Å². The zero-order valence-electron chi connectivity index (χ0n) is 8.56. The number of hydrogen-bond donors (Lipinski definition) is 1. The average Bonchev–Trinajstić information content (AvgIpc) is 2.76. The molecule has 0 spiro atoms. The van der Waals surface area contributed by atoms with Crippen molar-refractivity contribution in [2.75, 3.05) is 13.1 Å². The van der Waals surface area contributed by atoms with Crippen molar-refractivity contribution in [3.8, 4) is 0 Å². The smallest absolute Gasteiger partial charge is 0.140 e. The SMILES string of the molecule is CCn1ncnc1CN1CCC(N)C1. The molecule has 5 heteroatoms. The quantitative estimate of drug-likeness (QED) is 0.727. The molecule has 2 heterocycles. The van der Waals surface area contributed by atoms with Gasteiger partial charge in [-0.05, 0) is 13.3 Å². The molecule has 0 bridgehead atoms. The molecule has 2 N–H and O–H groups in total. The average molecular weight is 195 g/mol. The van der Waals surface area contributed by atoms with Gasteiger partial charge in [0.15, 0.2) is 0 Å². The molecule has 1 fully saturated rings. The number of aryl methyl sites for hydroxylation is 1. The summed E-state index contributed by atoms with van der Waals surface area (Å²) in [6.45, 7) is 5.90. The van der Waals surface area contributed by atoms with Gasteiger partial charge in [0.25, 0.3) is 0 Å². The highest BCUT2D eigenvalue weighted by molar-refractivity contribution is 4.88. The normalized spacial score (nSPS) is 23.1. The van der Waals surface area contributed by atoms with Gasteiger partial charge in [0.1, 0.15) is 12.2 Å². The Morgan fingerprint density at radius 3 is 3.14 bits per heavy atom. The van der Waals surface area contributed by atoms with E-state index < -0.39 is 0 Å². The molecule has 1 aliphatic heterocycles. The van der Waals surface area contributed by atoms with Gasteiger partial charge >= 0.3 is 0 Å². The van der Waals surface area contributed by atoms with Crippen molar-refractivity contribution in [2.45, 2.75) is 32.5 Å². The van der Waals surface area contributed by atoms with Gasteiger partial charge in [-0.2, -0.15) is 5.10 Å². The summed E-state index contributed by atoms with van der Waals surface area (Å²) in [4.78, 5) is 6.58. The Hall–Kier alpha value is -0.940. The van der Waals surface area contributed by atoms with E-state index in [0.29, 0.717) is 6.04 Å². The Morgan fingerprint density at radius 2 is 2.50 bits per heavy atom. The van der Waals surface area contributed by atoms with Crippen LogP contribution in [0.3, 0.4) is 0 Å². The summed E-state index contributed by atoms with van der Waals surface area (Å²) >= 11 is 0. The summed E-state index contributed by atoms with van der Waals surface area (Å²) in [6, 6.07) is 0.341. The number of likely N-dealkylation sites (tertiary alicyclic amines) is 1. The van der Waals surface area contributed by atoms with E-state index in [-0.39, 0.29) is 0 Å². The van der Waals surface area contributed by atoms with E-state index in [2.05, 4.69) is 21.9 Å². The molecule has 5 nitrogen and oxygen atoms in total. The number of hydrogen-bond acceptors (Lipinski definition) is 4. The van der Waals surface area contributed by atoms with Crippen LogP contribution in [0.5, 0.6) is 0 Å². The molecule has 0 radical (unpaired) electrons. The standard InChI is InChI=1S/C9H17N5/c1-2-14-9(11-7-12-14)6-13-4-3-8(10)5-13/h7-8H,2-6,10H2,1H3. The first-order valence-electron chi connectivity index (χ1n) is 5.14. The van der Waals surface area contributed by atoms with E-state index in [1.165, 1.54) is 0 Å². The first-order valence-corrected chi connectivity index (χ1v) is 5.14. The predicted molar refractivity (Wildman–Crippen MR) is 53.6 cm³/mol. The second kappa shape index (κ2) is 4.06. The number of aromatic nitrogens is 3. The van der Waals surface area contributed by atoms with E-state index in [4.69, 9.17) is 5.73 Å². The van der Waals surface area contributed by atoms with Crippen molar-refractivity contribution in [1.29, 1.82) is 0 Å². The molecule has 0 aromatic carbocycles. The predicted octanol–water partition coefficient (Wildman–Crippen LogP) is -0.169. The van der Waals surface area contributed by atoms with Gasteiger partial charge < -0.3 is 5.73 Å². The van der Waals surface area contributed by atoms with E-state index in [0.717, 1.165) is 38.4 Å². The monoisotopic (exact) mass is 195 g/mol. The minimum Gasteiger partial charge on any atom is -0.326 e. The first-order chi connectivity index (χ1) is 6.79. The molecule has 1 unspecified atom stereocenters. The second-order valence-corrected chi connectivity index (χ2v) is 3.78. The fraction of sp³-hybridized carbons (Fsp3) is 0.778. The Balaban J connectivity index is 1.97. The lowest BCUT2D eigenvalue weighted by Crippen LogP contribution is -2.27. The van der Waals surface area contributed by atoms with Crippen molar-refractivity contribution < 1.29 is 0 Å². The zero-order chi connectivity index (χ0) is 9.97. The van der Waals surface area contributed by atoms with Crippen LogP contribution in [0.15, 0.2) is 6.33 Å². The summed E-state index contributed by atoms with van der Waals surface area (Å²) < 4.78 is 1.93. The maximum atomic E-state index is 5.84. The van der Waals surface area contributed by atoms with Gasteiger partial charge in [0, 0.05) is 25.7 Å². The fourth-order valence-electron chi connectivity index (χ4n) is 1.88. The highest BCUT2D eigenvalue weighted by atomic mass is 15.3. The molecule has 1 aromatic heterocycles. The Bertz CT molecular complexity index is 295. The maximum Gasteiger partial charge on any atom is 0.140 e. The van der Waals surface area contributed by atoms with E-state index >= 15 is 0 Å². The molecule has 2 rings (SSSR count). The minimum absolute atomic E-state index is 0.341. The molecule has 1 aromatic rings. The lowest BCUT2D eigenvalue weighted by Gasteiger charge is -2.14. The van der Waals surface area contributed by atoms with Gasteiger partial charge in [-0.3, -0.25) is 4.90 Å². The van der Waals surface area contributed by atoms with Crippen LogP contribution in [0.25, 0.3) is 0 Å². The third-order valence-corrected chi connectivity index (χ3v) is 2.67. The topological polar surface area (TPSA) is 60.0 Å². The molecule has 14 heavy (non-hydrogen) atoms. The molecule has 0 saturated carbocycles. The number of nitrogens with two attached hydrogens (primary N) is 1. The summed E-state index contributed by atoms with van der Waals surface area (Å²) in [5.41, 5.74) is 5.84. The van der Waals surface area contributed by atoms with Crippen LogP contribution in [-0.2, 0) is 13.1 Å². The van der Waals surface area contributed by atoms with Crippen LogP contribution in [0.1, 0.15) is 19.2 Å². The highest BCUT2D eigenvalue weighted by Gasteiger charge is 2.20. The highest BCUT2D eigenvalue weighted by Crippen LogP contribution is 2.10. The molecular weight excluding hydrogens is 178 g/mol. The lowest BCUT2D eigenvalue weighted by atomic mass is 10.3. The van der Waals surface area contributed by atoms with Gasteiger partial charge in [-0.25, -0.2) is 9.67 Å².